The molecule has 0 radical (unpaired) electrons. The molecule has 1 aromatic heterocycles. The Morgan fingerprint density at radius 3 is 1.85 bits per heavy atom. The number of fused-ring (bicyclic) bond motifs is 3. The highest BCUT2D eigenvalue weighted by Gasteiger charge is 2.11. The van der Waals surface area contributed by atoms with Crippen LogP contribution in [-0.4, -0.2) is 67.3 Å². The highest BCUT2D eigenvalue weighted by atomic mass is 16.5. The van der Waals surface area contributed by atoms with E-state index in [4.69, 9.17) is 9.47 Å². The quantitative estimate of drug-likeness (QED) is 0.380. The molecule has 0 saturated carbocycles. The van der Waals surface area contributed by atoms with E-state index in [0.717, 1.165) is 26.1 Å². The van der Waals surface area contributed by atoms with Gasteiger partial charge in [-0.2, -0.15) is 0 Å². The van der Waals surface area contributed by atoms with E-state index in [0.29, 0.717) is 13.2 Å². The number of likely N-dealkylation sites (tertiary alicyclic amines) is 2. The van der Waals surface area contributed by atoms with Crippen molar-refractivity contribution in [3.05, 3.63) is 47.5 Å². The summed E-state index contributed by atoms with van der Waals surface area (Å²) in [5.41, 5.74) is 4.85. The van der Waals surface area contributed by atoms with Crippen molar-refractivity contribution in [2.45, 2.75) is 51.7 Å². The Labute approximate surface area is 198 Å². The van der Waals surface area contributed by atoms with Gasteiger partial charge in [0.1, 0.15) is 0 Å². The Balaban J connectivity index is 1.10. The number of aromatic amines is 1. The normalized spacial score (nSPS) is 17.7. The van der Waals surface area contributed by atoms with Gasteiger partial charge in [-0.15, -0.1) is 0 Å². The van der Waals surface area contributed by atoms with Crippen molar-refractivity contribution in [1.82, 2.24) is 14.8 Å². The molecule has 0 unspecified atom stereocenters. The summed E-state index contributed by atoms with van der Waals surface area (Å²) >= 11 is 0. The molecule has 0 amide bonds. The lowest BCUT2D eigenvalue weighted by Crippen LogP contribution is -2.21. The number of hydrogen-bond acceptors (Lipinski definition) is 4. The first-order valence-electron chi connectivity index (χ1n) is 13.0. The minimum absolute atomic E-state index is 0.682. The van der Waals surface area contributed by atoms with Crippen molar-refractivity contribution in [2.75, 3.05) is 52.5 Å². The third kappa shape index (κ3) is 6.15. The van der Waals surface area contributed by atoms with Gasteiger partial charge in [-0.25, -0.2) is 0 Å². The summed E-state index contributed by atoms with van der Waals surface area (Å²) in [6.45, 7) is 10.5. The van der Waals surface area contributed by atoms with E-state index in [-0.39, 0.29) is 0 Å². The average molecular weight is 450 g/mol. The topological polar surface area (TPSA) is 40.7 Å². The van der Waals surface area contributed by atoms with Crippen molar-refractivity contribution in [1.29, 1.82) is 0 Å². The number of benzene rings is 2. The fourth-order valence-corrected chi connectivity index (χ4v) is 5.35. The fourth-order valence-electron chi connectivity index (χ4n) is 5.35. The van der Waals surface area contributed by atoms with Gasteiger partial charge in [-0.1, -0.05) is 18.2 Å². The molecule has 33 heavy (non-hydrogen) atoms. The number of nitrogens with one attached hydrogen (secondary N) is 1. The molecular weight excluding hydrogens is 410 g/mol. The Hall–Kier alpha value is -1.92. The molecule has 2 aliphatic heterocycles. The van der Waals surface area contributed by atoms with Crippen LogP contribution in [0.4, 0.5) is 0 Å². The van der Waals surface area contributed by atoms with Crippen molar-refractivity contribution in [2.24, 2.45) is 0 Å². The lowest BCUT2D eigenvalue weighted by atomic mass is 10.1. The van der Waals surface area contributed by atoms with Gasteiger partial charge < -0.3 is 24.3 Å². The fraction of sp³-hybridized carbons (Fsp3) is 0.571. The maximum atomic E-state index is 5.98. The van der Waals surface area contributed by atoms with E-state index in [1.807, 2.05) is 0 Å². The predicted molar refractivity (Wildman–Crippen MR) is 136 cm³/mol. The SMILES string of the molecule is c1cc2c(cc1COCCCN1CCCC1)[nH]c1ccc(COCCCN3CCCC3)cc12. The molecule has 0 bridgehead atoms. The van der Waals surface area contributed by atoms with Crippen molar-refractivity contribution < 1.29 is 9.47 Å². The molecule has 0 spiro atoms. The minimum Gasteiger partial charge on any atom is -0.377 e. The van der Waals surface area contributed by atoms with Crippen molar-refractivity contribution in [3.63, 3.8) is 0 Å². The van der Waals surface area contributed by atoms with E-state index < -0.39 is 0 Å². The molecular formula is C28H39N3O2. The zero-order chi connectivity index (χ0) is 22.3. The molecule has 0 atom stereocenters. The van der Waals surface area contributed by atoms with Gasteiger partial charge in [0, 0.05) is 48.1 Å². The van der Waals surface area contributed by atoms with Gasteiger partial charge in [-0.05, 0) is 94.0 Å². The highest BCUT2D eigenvalue weighted by molar-refractivity contribution is 6.07. The molecule has 5 nitrogen and oxygen atoms in total. The van der Waals surface area contributed by atoms with E-state index in [1.54, 1.807) is 0 Å². The van der Waals surface area contributed by atoms with E-state index in [1.165, 1.54) is 97.9 Å². The zero-order valence-electron chi connectivity index (χ0n) is 20.0. The number of hydrogen-bond donors (Lipinski definition) is 1. The van der Waals surface area contributed by atoms with Crippen LogP contribution in [0.15, 0.2) is 36.4 Å². The van der Waals surface area contributed by atoms with Crippen LogP contribution in [0.3, 0.4) is 0 Å². The van der Waals surface area contributed by atoms with Crippen LogP contribution >= 0.6 is 0 Å². The first-order valence-corrected chi connectivity index (χ1v) is 13.0. The third-order valence-corrected chi connectivity index (χ3v) is 7.19. The highest BCUT2D eigenvalue weighted by Crippen LogP contribution is 2.27. The Morgan fingerprint density at radius 1 is 0.636 bits per heavy atom. The smallest absolute Gasteiger partial charge is 0.0717 e. The number of aromatic nitrogens is 1. The van der Waals surface area contributed by atoms with Crippen LogP contribution in [0.1, 0.15) is 49.7 Å². The lowest BCUT2D eigenvalue weighted by molar-refractivity contribution is 0.111. The molecule has 5 heteroatoms. The predicted octanol–water partition coefficient (Wildman–Crippen LogP) is 5.33. The molecule has 178 valence electrons. The summed E-state index contributed by atoms with van der Waals surface area (Å²) in [7, 11) is 0. The van der Waals surface area contributed by atoms with Gasteiger partial charge >= 0.3 is 0 Å². The molecule has 2 fully saturated rings. The monoisotopic (exact) mass is 449 g/mol. The summed E-state index contributed by atoms with van der Waals surface area (Å²) in [4.78, 5) is 8.68. The van der Waals surface area contributed by atoms with Gasteiger partial charge in [0.15, 0.2) is 0 Å². The second-order valence-corrected chi connectivity index (χ2v) is 9.79. The van der Waals surface area contributed by atoms with Crippen LogP contribution in [0, 0.1) is 0 Å². The summed E-state index contributed by atoms with van der Waals surface area (Å²) in [6.07, 6.45) is 7.69. The van der Waals surface area contributed by atoms with Crippen LogP contribution < -0.4 is 0 Å². The van der Waals surface area contributed by atoms with Gasteiger partial charge in [0.05, 0.1) is 13.2 Å². The first kappa shape index (κ1) is 22.9. The Bertz CT molecular complexity index is 1020. The largest absolute Gasteiger partial charge is 0.377 e. The van der Waals surface area contributed by atoms with E-state index >= 15 is 0 Å². The van der Waals surface area contributed by atoms with Crippen molar-refractivity contribution >= 4 is 21.8 Å². The molecule has 1 N–H and O–H groups in total. The molecule has 3 heterocycles. The van der Waals surface area contributed by atoms with Gasteiger partial charge in [0.2, 0.25) is 0 Å². The van der Waals surface area contributed by atoms with Gasteiger partial charge in [-0.3, -0.25) is 0 Å². The molecule has 2 aromatic carbocycles. The summed E-state index contributed by atoms with van der Waals surface area (Å²) in [5, 5.41) is 2.56. The van der Waals surface area contributed by atoms with E-state index in [9.17, 15) is 0 Å². The Kier molecular flexibility index (Phi) is 7.95. The third-order valence-electron chi connectivity index (χ3n) is 7.19. The van der Waals surface area contributed by atoms with Crippen LogP contribution in [0.25, 0.3) is 21.8 Å². The maximum Gasteiger partial charge on any atom is 0.0717 e. The summed E-state index contributed by atoms with van der Waals surface area (Å²) < 4.78 is 11.9. The second-order valence-electron chi connectivity index (χ2n) is 9.79. The van der Waals surface area contributed by atoms with Crippen LogP contribution in [0.2, 0.25) is 0 Å². The molecule has 0 aliphatic carbocycles. The van der Waals surface area contributed by atoms with Crippen LogP contribution in [0.5, 0.6) is 0 Å². The van der Waals surface area contributed by atoms with Gasteiger partial charge in [0.25, 0.3) is 0 Å². The molecule has 3 aromatic rings. The minimum atomic E-state index is 0.682. The number of rotatable bonds is 12. The number of ether oxygens (including phenoxy) is 2. The molecule has 5 rings (SSSR count). The molecule has 2 saturated heterocycles. The zero-order valence-corrected chi connectivity index (χ0v) is 20.0. The van der Waals surface area contributed by atoms with Crippen LogP contribution in [-0.2, 0) is 22.7 Å². The second kappa shape index (κ2) is 11.5. The summed E-state index contributed by atoms with van der Waals surface area (Å²) in [5.74, 6) is 0. The average Bonchev–Trinajstić information content (AvgIpc) is 3.59. The van der Waals surface area contributed by atoms with Crippen molar-refractivity contribution in [3.8, 4) is 0 Å². The number of H-pyrrole nitrogens is 1. The Morgan fingerprint density at radius 2 is 1.21 bits per heavy atom. The standard InChI is InChI=1S/C28H39N3O2/c1-2-12-30(11-1)15-5-17-32-21-23-8-10-27-26(19-23)25-9-7-24(20-28(25)29-27)22-33-18-6-16-31-13-3-4-14-31/h7-10,19-20,29H,1-6,11-18,21-22H2. The first-order chi connectivity index (χ1) is 16.3. The number of nitrogens with zero attached hydrogens (tertiary/aromatic N) is 2. The summed E-state index contributed by atoms with van der Waals surface area (Å²) in [6, 6.07) is 13.3. The maximum absolute atomic E-state index is 5.98. The van der Waals surface area contributed by atoms with E-state index in [2.05, 4.69) is 51.2 Å². The lowest BCUT2D eigenvalue weighted by Gasteiger charge is -2.14. The molecule has 2 aliphatic rings.